The summed E-state index contributed by atoms with van der Waals surface area (Å²) < 4.78 is 52.6. The molecule has 0 spiro atoms. The molecule has 3 N–H and O–H groups in total. The highest BCUT2D eigenvalue weighted by atomic mass is 19.4. The van der Waals surface area contributed by atoms with Gasteiger partial charge in [0.15, 0.2) is 12.3 Å². The number of alkyl halides is 3. The number of carbonyl (C=O) groups is 1. The van der Waals surface area contributed by atoms with Crippen molar-refractivity contribution in [3.05, 3.63) is 82.6 Å². The molecular formula is C21H17F4N3O4. The molecule has 0 aliphatic rings. The number of aliphatic hydroxyl groups is 1. The fraction of sp³-hybridized carbons (Fsp3) is 0.190. The van der Waals surface area contributed by atoms with Crippen molar-refractivity contribution in [2.45, 2.75) is 25.2 Å². The first-order valence-corrected chi connectivity index (χ1v) is 9.20. The highest BCUT2D eigenvalue weighted by Crippen LogP contribution is 2.35. The van der Waals surface area contributed by atoms with Gasteiger partial charge in [0.25, 0.3) is 5.91 Å². The lowest BCUT2D eigenvalue weighted by molar-refractivity contribution is -0.613. The number of amides is 1. The Labute approximate surface area is 179 Å². The molecule has 0 radical (unpaired) electrons. The van der Waals surface area contributed by atoms with E-state index < -0.39 is 41.5 Å². The summed E-state index contributed by atoms with van der Waals surface area (Å²) in [7, 11) is 0. The molecule has 11 heteroatoms. The van der Waals surface area contributed by atoms with Gasteiger partial charge in [0, 0.05) is 16.7 Å². The molecular weight excluding hydrogens is 434 g/mol. The van der Waals surface area contributed by atoms with Gasteiger partial charge in [0.05, 0.1) is 24.0 Å². The first-order valence-electron chi connectivity index (χ1n) is 9.20. The van der Waals surface area contributed by atoms with E-state index in [0.29, 0.717) is 5.56 Å². The molecule has 1 unspecified atom stereocenters. The molecule has 0 saturated heterocycles. The number of hydrogen-bond acceptors (Lipinski definition) is 5. The van der Waals surface area contributed by atoms with E-state index in [0.717, 1.165) is 36.7 Å². The van der Waals surface area contributed by atoms with Crippen molar-refractivity contribution in [3.8, 4) is 17.1 Å². The molecule has 0 aliphatic carbocycles. The third-order valence-corrected chi connectivity index (χ3v) is 4.63. The minimum absolute atomic E-state index is 0.0608. The van der Waals surface area contributed by atoms with Gasteiger partial charge in [-0.3, -0.25) is 9.78 Å². The van der Waals surface area contributed by atoms with Crippen molar-refractivity contribution >= 4 is 5.91 Å². The van der Waals surface area contributed by atoms with Crippen molar-refractivity contribution in [3.63, 3.8) is 0 Å². The molecule has 168 valence electrons. The lowest BCUT2D eigenvalue weighted by atomic mass is 9.98. The van der Waals surface area contributed by atoms with Crippen molar-refractivity contribution in [2.75, 3.05) is 0 Å². The topological polar surface area (TPSA) is 109 Å². The van der Waals surface area contributed by atoms with Gasteiger partial charge in [-0.1, -0.05) is 0 Å². The van der Waals surface area contributed by atoms with Gasteiger partial charge in [-0.15, -0.1) is 4.73 Å². The van der Waals surface area contributed by atoms with E-state index >= 15 is 0 Å². The molecule has 7 nitrogen and oxygen atoms in total. The van der Waals surface area contributed by atoms with Crippen LogP contribution >= 0.6 is 0 Å². The Hall–Kier alpha value is -3.73. The normalized spacial score (nSPS) is 13.4. The van der Waals surface area contributed by atoms with Crippen LogP contribution in [0.15, 0.2) is 54.9 Å². The van der Waals surface area contributed by atoms with Crippen LogP contribution in [0.25, 0.3) is 11.3 Å². The molecule has 1 aromatic carbocycles. The van der Waals surface area contributed by atoms with Crippen molar-refractivity contribution in [1.29, 1.82) is 0 Å². The number of halogens is 4. The summed E-state index contributed by atoms with van der Waals surface area (Å²) in [4.78, 5) is 16.6. The smallest absolute Gasteiger partial charge is 0.418 e. The van der Waals surface area contributed by atoms with Crippen LogP contribution in [0.2, 0.25) is 0 Å². The fourth-order valence-electron chi connectivity index (χ4n) is 2.93. The van der Waals surface area contributed by atoms with Crippen LogP contribution in [0, 0.1) is 11.0 Å². The van der Waals surface area contributed by atoms with E-state index in [1.807, 2.05) is 0 Å². The number of nitrogens with zero attached hydrogens (tertiary/aromatic N) is 2. The maximum Gasteiger partial charge on any atom is 0.418 e. The number of hydrogen-bond donors (Lipinski definition) is 3. The van der Waals surface area contributed by atoms with E-state index in [4.69, 9.17) is 0 Å². The monoisotopic (exact) mass is 451 g/mol. The van der Waals surface area contributed by atoms with Crippen LogP contribution in [-0.2, 0) is 0 Å². The molecule has 2 aromatic heterocycles. The fourth-order valence-corrected chi connectivity index (χ4v) is 2.93. The summed E-state index contributed by atoms with van der Waals surface area (Å²) in [6, 6.07) is 7.21. The lowest BCUT2D eigenvalue weighted by Gasteiger charge is -2.18. The number of pyridine rings is 2. The second-order valence-corrected chi connectivity index (χ2v) is 6.99. The lowest BCUT2D eigenvalue weighted by Crippen LogP contribution is -2.31. The highest BCUT2D eigenvalue weighted by Gasteiger charge is 2.40. The van der Waals surface area contributed by atoms with Gasteiger partial charge in [-0.05, 0) is 48.9 Å². The van der Waals surface area contributed by atoms with E-state index in [-0.39, 0.29) is 21.6 Å². The molecule has 3 aromatic rings. The van der Waals surface area contributed by atoms with Gasteiger partial charge in [-0.25, -0.2) is 4.39 Å². The Balaban J connectivity index is 1.97. The molecule has 3 rings (SSSR count). The largest absolute Gasteiger partial charge is 0.616 e. The molecule has 0 bridgehead atoms. The number of carbonyl (C=O) groups excluding carboxylic acids is 1. The third kappa shape index (κ3) is 5.11. The van der Waals surface area contributed by atoms with Crippen molar-refractivity contribution in [1.82, 2.24) is 10.3 Å². The van der Waals surface area contributed by atoms with Crippen LogP contribution in [0.3, 0.4) is 0 Å². The van der Waals surface area contributed by atoms with Gasteiger partial charge >= 0.3 is 12.1 Å². The number of rotatable bonds is 5. The highest BCUT2D eigenvalue weighted by molar-refractivity contribution is 5.96. The van der Waals surface area contributed by atoms with Gasteiger partial charge in [-0.2, -0.15) is 13.2 Å². The van der Waals surface area contributed by atoms with Crippen molar-refractivity contribution < 1.29 is 37.3 Å². The predicted molar refractivity (Wildman–Crippen MR) is 104 cm³/mol. The number of benzene rings is 1. The minimum atomic E-state index is -4.98. The van der Waals surface area contributed by atoms with Crippen LogP contribution in [-0.4, -0.2) is 27.3 Å². The molecule has 1 amide bonds. The zero-order valence-corrected chi connectivity index (χ0v) is 16.5. The average molecular weight is 451 g/mol. The first kappa shape index (κ1) is 22.9. The third-order valence-electron chi connectivity index (χ3n) is 4.63. The predicted octanol–water partition coefficient (Wildman–Crippen LogP) is 3.31. The van der Waals surface area contributed by atoms with E-state index in [2.05, 4.69) is 10.3 Å². The summed E-state index contributed by atoms with van der Waals surface area (Å²) in [6.45, 7) is 1.53. The molecule has 0 aliphatic heterocycles. The maximum atomic E-state index is 13.2. The van der Waals surface area contributed by atoms with Gasteiger partial charge in [0.2, 0.25) is 0 Å². The van der Waals surface area contributed by atoms with Crippen LogP contribution in [0.4, 0.5) is 17.6 Å². The Morgan fingerprint density at radius 2 is 1.88 bits per heavy atom. The standard InChI is InChI=1S/C21H17F4N3O4/c1-11(12-2-5-18(29)28(32)10-12)27-20(31)15-7-13(17-4-3-16(22)9-26-17)6-14(8-15)19(30)21(23,24)25/h2-11,19,29-30H,1H3,(H,27,31)/t11-,19?/m1/s1. The molecule has 0 saturated carbocycles. The van der Waals surface area contributed by atoms with Crippen molar-refractivity contribution in [2.24, 2.45) is 0 Å². The maximum absolute atomic E-state index is 13.2. The summed E-state index contributed by atoms with van der Waals surface area (Å²) in [5.74, 6) is -1.99. The summed E-state index contributed by atoms with van der Waals surface area (Å²) in [5.41, 5.74) is -0.326. The molecule has 2 atom stereocenters. The second-order valence-electron chi connectivity index (χ2n) is 6.99. The number of aromatic nitrogens is 2. The van der Waals surface area contributed by atoms with Crippen LogP contribution in [0.5, 0.6) is 5.88 Å². The van der Waals surface area contributed by atoms with Crippen LogP contribution in [0.1, 0.15) is 40.6 Å². The summed E-state index contributed by atoms with van der Waals surface area (Å²) in [6.07, 6.45) is -5.93. The Morgan fingerprint density at radius 1 is 1.16 bits per heavy atom. The number of nitrogens with one attached hydrogen (secondary N) is 1. The van der Waals surface area contributed by atoms with E-state index in [1.165, 1.54) is 25.1 Å². The number of aromatic hydroxyl groups is 1. The Kier molecular flexibility index (Phi) is 6.30. The average Bonchev–Trinajstić information content (AvgIpc) is 2.74. The zero-order chi connectivity index (χ0) is 23.6. The van der Waals surface area contributed by atoms with Gasteiger partial charge in [0.1, 0.15) is 5.82 Å². The van der Waals surface area contributed by atoms with E-state index in [1.54, 1.807) is 0 Å². The summed E-state index contributed by atoms with van der Waals surface area (Å²) >= 11 is 0. The van der Waals surface area contributed by atoms with Gasteiger partial charge < -0.3 is 20.7 Å². The molecule has 0 fully saturated rings. The number of aliphatic hydroxyl groups excluding tert-OH is 1. The molecule has 2 heterocycles. The Morgan fingerprint density at radius 3 is 2.47 bits per heavy atom. The SMILES string of the molecule is C[C@@H](NC(=O)c1cc(-c2ccc(F)cn2)cc(C(O)C(F)(F)F)c1)c1ccc(O)[n+]([O-])c1. The minimum Gasteiger partial charge on any atom is -0.616 e. The zero-order valence-electron chi connectivity index (χ0n) is 16.5. The Bertz CT molecular complexity index is 1140. The second kappa shape index (κ2) is 8.79. The first-order chi connectivity index (χ1) is 15.0. The quantitative estimate of drug-likeness (QED) is 0.313. The van der Waals surface area contributed by atoms with E-state index in [9.17, 15) is 37.8 Å². The molecule has 32 heavy (non-hydrogen) atoms. The van der Waals surface area contributed by atoms with Crippen LogP contribution < -0.4 is 10.0 Å². The summed E-state index contributed by atoms with van der Waals surface area (Å²) in [5, 5.41) is 33.1.